The van der Waals surface area contributed by atoms with Gasteiger partial charge in [0.2, 0.25) is 0 Å². The van der Waals surface area contributed by atoms with Crippen molar-refractivity contribution < 1.29 is 14.3 Å². The Hall–Kier alpha value is -3.54. The summed E-state index contributed by atoms with van der Waals surface area (Å²) in [5.74, 6) is 0.210. The smallest absolute Gasteiger partial charge is 0.270 e. The molecule has 2 amide bonds. The quantitative estimate of drug-likeness (QED) is 0.639. The van der Waals surface area contributed by atoms with Crippen molar-refractivity contribution in [2.45, 2.75) is 19.3 Å². The number of aryl methyl sites for hydroxylation is 1. The van der Waals surface area contributed by atoms with Crippen LogP contribution in [0.2, 0.25) is 0 Å². The van der Waals surface area contributed by atoms with Crippen LogP contribution in [0.5, 0.6) is 5.75 Å². The summed E-state index contributed by atoms with van der Waals surface area (Å²) in [6.45, 7) is 1.42. The lowest BCUT2D eigenvalue weighted by atomic mass is 10.1. The molecule has 1 aromatic heterocycles. The lowest BCUT2D eigenvalue weighted by Gasteiger charge is -2.27. The number of fused-ring (bicyclic) bond motifs is 1. The largest absolute Gasteiger partial charge is 0.497 e. The van der Waals surface area contributed by atoms with Crippen molar-refractivity contribution in [3.05, 3.63) is 71.6 Å². The first-order valence-corrected chi connectivity index (χ1v) is 10.6. The molecular weight excluding hydrogens is 390 g/mol. The summed E-state index contributed by atoms with van der Waals surface area (Å²) in [6.07, 6.45) is 6.87. The van der Waals surface area contributed by atoms with Gasteiger partial charge in [-0.1, -0.05) is 18.2 Å². The minimum absolute atomic E-state index is 0.144. The molecule has 1 saturated heterocycles. The lowest BCUT2D eigenvalue weighted by Crippen LogP contribution is -2.41. The summed E-state index contributed by atoms with van der Waals surface area (Å²) < 4.78 is 7.19. The average molecular weight is 418 g/mol. The highest BCUT2D eigenvalue weighted by atomic mass is 16.5. The Kier molecular flexibility index (Phi) is 6.07. The van der Waals surface area contributed by atoms with Gasteiger partial charge in [-0.05, 0) is 55.7 Å². The van der Waals surface area contributed by atoms with E-state index < -0.39 is 0 Å². The summed E-state index contributed by atoms with van der Waals surface area (Å²) >= 11 is 0. The van der Waals surface area contributed by atoms with Crippen LogP contribution in [0.4, 0.5) is 0 Å². The van der Waals surface area contributed by atoms with E-state index in [9.17, 15) is 9.59 Å². The number of aromatic nitrogens is 1. The normalized spacial score (nSPS) is 14.5. The van der Waals surface area contributed by atoms with Gasteiger partial charge in [0.1, 0.15) is 11.4 Å². The molecule has 1 N–H and O–H groups in total. The van der Waals surface area contributed by atoms with Crippen molar-refractivity contribution in [1.29, 1.82) is 0 Å². The van der Waals surface area contributed by atoms with Crippen molar-refractivity contribution in [3.63, 3.8) is 0 Å². The van der Waals surface area contributed by atoms with Gasteiger partial charge in [0, 0.05) is 48.4 Å². The van der Waals surface area contributed by atoms with Gasteiger partial charge < -0.3 is 19.5 Å². The number of likely N-dealkylation sites (tertiary alicyclic amines) is 1. The lowest BCUT2D eigenvalue weighted by molar-refractivity contribution is -0.128. The van der Waals surface area contributed by atoms with Crippen molar-refractivity contribution in [3.8, 4) is 5.75 Å². The molecule has 6 nitrogen and oxygen atoms in total. The van der Waals surface area contributed by atoms with E-state index in [0.29, 0.717) is 30.1 Å². The molecule has 31 heavy (non-hydrogen) atoms. The fourth-order valence-electron chi connectivity index (χ4n) is 4.00. The summed E-state index contributed by atoms with van der Waals surface area (Å²) in [7, 11) is 3.55. The molecule has 1 aliphatic heterocycles. The molecule has 0 unspecified atom stereocenters. The molecule has 2 heterocycles. The van der Waals surface area contributed by atoms with Crippen LogP contribution in [0.15, 0.2) is 60.4 Å². The molecule has 0 atom stereocenters. The van der Waals surface area contributed by atoms with Crippen LogP contribution in [0, 0.1) is 0 Å². The number of rotatable bonds is 5. The number of methoxy groups -OCH3 is 1. The Morgan fingerprint density at radius 2 is 1.71 bits per heavy atom. The first-order chi connectivity index (χ1) is 15.1. The standard InChI is InChI=1S/C25H27N3O3/c1-27-17-19(21-8-4-5-9-23(21)27)16-22(25(30)28-14-6-3-7-15-28)26-24(29)18-10-12-20(31-2)13-11-18/h4-5,8-13,16-17H,3,6-7,14-15H2,1-2H3,(H,26,29). The van der Waals surface area contributed by atoms with Crippen LogP contribution in [0.25, 0.3) is 17.0 Å². The first kappa shape index (κ1) is 20.7. The van der Waals surface area contributed by atoms with Crippen LogP contribution in [0.1, 0.15) is 35.2 Å². The number of carbonyl (C=O) groups is 2. The molecule has 1 aliphatic rings. The SMILES string of the molecule is COc1ccc(C(=O)NC(=Cc2cn(C)c3ccccc23)C(=O)N2CCCCC2)cc1. The number of para-hydroxylation sites is 1. The summed E-state index contributed by atoms with van der Waals surface area (Å²) in [5.41, 5.74) is 2.73. The van der Waals surface area contributed by atoms with Crippen molar-refractivity contribution in [1.82, 2.24) is 14.8 Å². The second-order valence-electron chi connectivity index (χ2n) is 7.81. The maximum absolute atomic E-state index is 13.3. The highest BCUT2D eigenvalue weighted by Crippen LogP contribution is 2.23. The van der Waals surface area contributed by atoms with Gasteiger partial charge in [-0.3, -0.25) is 9.59 Å². The molecule has 4 rings (SSSR count). The number of amides is 2. The van der Waals surface area contributed by atoms with E-state index in [1.165, 1.54) is 0 Å². The zero-order valence-electron chi connectivity index (χ0n) is 17.9. The molecular formula is C25H27N3O3. The fourth-order valence-corrected chi connectivity index (χ4v) is 4.00. The number of ether oxygens (including phenoxy) is 1. The van der Waals surface area contributed by atoms with Crippen molar-refractivity contribution >= 4 is 28.8 Å². The molecule has 0 spiro atoms. The van der Waals surface area contributed by atoms with Gasteiger partial charge in [0.15, 0.2) is 0 Å². The number of nitrogens with one attached hydrogen (secondary N) is 1. The maximum Gasteiger partial charge on any atom is 0.270 e. The monoisotopic (exact) mass is 417 g/mol. The van der Waals surface area contributed by atoms with Crippen molar-refractivity contribution in [2.75, 3.05) is 20.2 Å². The Morgan fingerprint density at radius 3 is 2.42 bits per heavy atom. The van der Waals surface area contributed by atoms with Crippen LogP contribution < -0.4 is 10.1 Å². The minimum atomic E-state index is -0.320. The maximum atomic E-state index is 13.3. The molecule has 0 bridgehead atoms. The Labute approximate surface area is 182 Å². The van der Waals surface area contributed by atoms with Gasteiger partial charge in [-0.2, -0.15) is 0 Å². The zero-order chi connectivity index (χ0) is 21.8. The summed E-state index contributed by atoms with van der Waals surface area (Å²) in [6, 6.07) is 14.9. The van der Waals surface area contributed by atoms with E-state index in [4.69, 9.17) is 4.74 Å². The van der Waals surface area contributed by atoms with E-state index in [2.05, 4.69) is 5.32 Å². The fraction of sp³-hybridized carbons (Fsp3) is 0.280. The van der Waals surface area contributed by atoms with Crippen molar-refractivity contribution in [2.24, 2.45) is 7.05 Å². The first-order valence-electron chi connectivity index (χ1n) is 10.6. The van der Waals surface area contributed by atoms with E-state index in [-0.39, 0.29) is 11.8 Å². The number of nitrogens with zero attached hydrogens (tertiary/aromatic N) is 2. The molecule has 160 valence electrons. The summed E-state index contributed by atoms with van der Waals surface area (Å²) in [5, 5.41) is 3.91. The number of piperidine rings is 1. The number of benzene rings is 2. The highest BCUT2D eigenvalue weighted by Gasteiger charge is 2.23. The number of carbonyl (C=O) groups excluding carboxylic acids is 2. The molecule has 2 aromatic carbocycles. The van der Waals surface area contributed by atoms with E-state index in [1.807, 2.05) is 47.0 Å². The summed E-state index contributed by atoms with van der Waals surface area (Å²) in [4.78, 5) is 28.1. The topological polar surface area (TPSA) is 63.6 Å². The number of hydrogen-bond donors (Lipinski definition) is 1. The molecule has 6 heteroatoms. The Morgan fingerprint density at radius 1 is 1.00 bits per heavy atom. The zero-order valence-corrected chi connectivity index (χ0v) is 17.9. The molecule has 0 aliphatic carbocycles. The van der Waals surface area contributed by atoms with Crippen LogP contribution in [-0.2, 0) is 11.8 Å². The van der Waals surface area contributed by atoms with E-state index >= 15 is 0 Å². The van der Waals surface area contributed by atoms with Crippen LogP contribution in [0.3, 0.4) is 0 Å². The second kappa shape index (κ2) is 9.08. The predicted octanol–water partition coefficient (Wildman–Crippen LogP) is 3.97. The predicted molar refractivity (Wildman–Crippen MR) is 122 cm³/mol. The third kappa shape index (κ3) is 4.48. The average Bonchev–Trinajstić information content (AvgIpc) is 3.14. The Bertz CT molecular complexity index is 1120. The Balaban J connectivity index is 1.69. The third-order valence-electron chi connectivity index (χ3n) is 5.70. The van der Waals surface area contributed by atoms with Crippen LogP contribution >= 0.6 is 0 Å². The van der Waals surface area contributed by atoms with Gasteiger partial charge in [0.25, 0.3) is 11.8 Å². The van der Waals surface area contributed by atoms with Gasteiger partial charge in [-0.15, -0.1) is 0 Å². The van der Waals surface area contributed by atoms with E-state index in [1.54, 1.807) is 37.5 Å². The highest BCUT2D eigenvalue weighted by molar-refractivity contribution is 6.06. The second-order valence-corrected chi connectivity index (χ2v) is 7.81. The number of hydrogen-bond acceptors (Lipinski definition) is 3. The van der Waals surface area contributed by atoms with E-state index in [0.717, 1.165) is 35.7 Å². The molecule has 0 radical (unpaired) electrons. The van der Waals surface area contributed by atoms with Gasteiger partial charge in [0.05, 0.1) is 7.11 Å². The van der Waals surface area contributed by atoms with Crippen LogP contribution in [-0.4, -0.2) is 41.5 Å². The minimum Gasteiger partial charge on any atom is -0.497 e. The third-order valence-corrected chi connectivity index (χ3v) is 5.70. The molecule has 3 aromatic rings. The molecule has 0 saturated carbocycles. The van der Waals surface area contributed by atoms with Gasteiger partial charge in [-0.25, -0.2) is 0 Å². The van der Waals surface area contributed by atoms with Gasteiger partial charge >= 0.3 is 0 Å². The molecule has 1 fully saturated rings.